The number of halogens is 1. The molecule has 2 aromatic rings. The SMILES string of the molecule is Cc1c(N)c2ncc(F)cc2n1C. The Hall–Kier alpha value is -1.58. The molecule has 0 aliphatic carbocycles. The summed E-state index contributed by atoms with van der Waals surface area (Å²) in [6.45, 7) is 1.88. The Balaban J connectivity index is 2.95. The summed E-state index contributed by atoms with van der Waals surface area (Å²) in [5, 5.41) is 0. The fraction of sp³-hybridized carbons (Fsp3) is 0.222. The monoisotopic (exact) mass is 179 g/mol. The van der Waals surface area contributed by atoms with E-state index < -0.39 is 0 Å². The lowest BCUT2D eigenvalue weighted by Crippen LogP contribution is -1.92. The number of hydrogen-bond acceptors (Lipinski definition) is 2. The van der Waals surface area contributed by atoms with E-state index in [2.05, 4.69) is 4.98 Å². The smallest absolute Gasteiger partial charge is 0.143 e. The van der Waals surface area contributed by atoms with Crippen molar-refractivity contribution in [1.29, 1.82) is 0 Å². The Labute approximate surface area is 75.0 Å². The molecule has 3 nitrogen and oxygen atoms in total. The number of hydrogen-bond donors (Lipinski definition) is 1. The van der Waals surface area contributed by atoms with Gasteiger partial charge in [0.15, 0.2) is 0 Å². The van der Waals surface area contributed by atoms with Crippen molar-refractivity contribution in [3.8, 4) is 0 Å². The van der Waals surface area contributed by atoms with Gasteiger partial charge in [-0.2, -0.15) is 0 Å². The fourth-order valence-electron chi connectivity index (χ4n) is 1.42. The normalized spacial score (nSPS) is 11.0. The van der Waals surface area contributed by atoms with Gasteiger partial charge < -0.3 is 10.3 Å². The molecular weight excluding hydrogens is 169 g/mol. The third-order valence-corrected chi connectivity index (χ3v) is 2.34. The largest absolute Gasteiger partial charge is 0.396 e. The molecule has 0 fully saturated rings. The summed E-state index contributed by atoms with van der Waals surface area (Å²) in [6.07, 6.45) is 1.18. The molecule has 0 aliphatic rings. The van der Waals surface area contributed by atoms with Crippen LogP contribution in [0.15, 0.2) is 12.3 Å². The van der Waals surface area contributed by atoms with E-state index in [1.54, 1.807) is 0 Å². The Bertz CT molecular complexity index is 473. The Morgan fingerprint density at radius 2 is 2.23 bits per heavy atom. The molecule has 0 saturated carbocycles. The molecule has 2 aromatic heterocycles. The van der Waals surface area contributed by atoms with Crippen LogP contribution in [0.2, 0.25) is 0 Å². The summed E-state index contributed by atoms with van der Waals surface area (Å²) in [5.74, 6) is -0.340. The van der Waals surface area contributed by atoms with Crippen LogP contribution in [0.4, 0.5) is 10.1 Å². The molecule has 0 unspecified atom stereocenters. The molecule has 0 radical (unpaired) electrons. The Morgan fingerprint density at radius 3 is 2.92 bits per heavy atom. The van der Waals surface area contributed by atoms with Crippen molar-refractivity contribution < 1.29 is 4.39 Å². The highest BCUT2D eigenvalue weighted by Gasteiger charge is 2.10. The zero-order valence-electron chi connectivity index (χ0n) is 7.50. The van der Waals surface area contributed by atoms with Crippen molar-refractivity contribution in [3.05, 3.63) is 23.8 Å². The molecule has 4 heteroatoms. The summed E-state index contributed by atoms with van der Waals surface area (Å²) in [6, 6.07) is 1.44. The van der Waals surface area contributed by atoms with Gasteiger partial charge in [-0.15, -0.1) is 0 Å². The van der Waals surface area contributed by atoms with E-state index in [1.165, 1.54) is 12.3 Å². The first-order valence-electron chi connectivity index (χ1n) is 3.97. The van der Waals surface area contributed by atoms with E-state index in [-0.39, 0.29) is 5.82 Å². The first-order valence-corrected chi connectivity index (χ1v) is 3.97. The lowest BCUT2D eigenvalue weighted by atomic mass is 10.3. The molecule has 0 aliphatic heterocycles. The molecule has 0 atom stereocenters. The molecule has 68 valence electrons. The van der Waals surface area contributed by atoms with Crippen LogP contribution in [0.5, 0.6) is 0 Å². The van der Waals surface area contributed by atoms with E-state index in [0.29, 0.717) is 11.2 Å². The molecule has 2 heterocycles. The molecule has 13 heavy (non-hydrogen) atoms. The van der Waals surface area contributed by atoms with E-state index in [4.69, 9.17) is 5.73 Å². The summed E-state index contributed by atoms with van der Waals surface area (Å²) in [4.78, 5) is 3.94. The summed E-state index contributed by atoms with van der Waals surface area (Å²) >= 11 is 0. The number of rotatable bonds is 0. The number of nitrogens with zero attached hydrogens (tertiary/aromatic N) is 2. The van der Waals surface area contributed by atoms with Crippen LogP contribution in [-0.4, -0.2) is 9.55 Å². The predicted octanol–water partition coefficient (Wildman–Crippen LogP) is 1.60. The first kappa shape index (κ1) is 8.04. The lowest BCUT2D eigenvalue weighted by molar-refractivity contribution is 0.623. The minimum absolute atomic E-state index is 0.340. The van der Waals surface area contributed by atoms with Gasteiger partial charge in [-0.3, -0.25) is 0 Å². The second-order valence-corrected chi connectivity index (χ2v) is 3.08. The van der Waals surface area contributed by atoms with Crippen LogP contribution < -0.4 is 5.73 Å². The second kappa shape index (κ2) is 2.45. The third kappa shape index (κ3) is 0.983. The summed E-state index contributed by atoms with van der Waals surface area (Å²) in [5.41, 5.74) is 8.72. The van der Waals surface area contributed by atoms with Gasteiger partial charge in [0.05, 0.1) is 17.4 Å². The van der Waals surface area contributed by atoms with Crippen LogP contribution in [0.1, 0.15) is 5.69 Å². The number of aryl methyl sites for hydroxylation is 1. The predicted molar refractivity (Wildman–Crippen MR) is 49.8 cm³/mol. The average Bonchev–Trinajstić information content (AvgIpc) is 2.32. The van der Waals surface area contributed by atoms with Crippen LogP contribution in [0, 0.1) is 12.7 Å². The number of fused-ring (bicyclic) bond motifs is 1. The van der Waals surface area contributed by atoms with Crippen LogP contribution >= 0.6 is 0 Å². The fourth-order valence-corrected chi connectivity index (χ4v) is 1.42. The molecule has 2 rings (SSSR count). The molecule has 0 amide bonds. The third-order valence-electron chi connectivity index (χ3n) is 2.34. The number of nitrogen functional groups attached to an aromatic ring is 1. The van der Waals surface area contributed by atoms with Gasteiger partial charge in [0.2, 0.25) is 0 Å². The van der Waals surface area contributed by atoms with E-state index in [0.717, 1.165) is 11.2 Å². The molecule has 0 bridgehead atoms. The summed E-state index contributed by atoms with van der Waals surface area (Å²) in [7, 11) is 1.84. The van der Waals surface area contributed by atoms with Gasteiger partial charge in [-0.1, -0.05) is 0 Å². The zero-order chi connectivity index (χ0) is 9.59. The van der Waals surface area contributed by atoms with E-state index in [9.17, 15) is 4.39 Å². The van der Waals surface area contributed by atoms with Crippen molar-refractivity contribution >= 4 is 16.7 Å². The van der Waals surface area contributed by atoms with Crippen molar-refractivity contribution in [2.45, 2.75) is 6.92 Å². The van der Waals surface area contributed by atoms with E-state index >= 15 is 0 Å². The zero-order valence-corrected chi connectivity index (χ0v) is 7.50. The highest BCUT2D eigenvalue weighted by atomic mass is 19.1. The van der Waals surface area contributed by atoms with Crippen LogP contribution in [0.25, 0.3) is 11.0 Å². The minimum atomic E-state index is -0.340. The van der Waals surface area contributed by atoms with Gasteiger partial charge in [-0.05, 0) is 6.92 Å². The first-order chi connectivity index (χ1) is 6.11. The van der Waals surface area contributed by atoms with Crippen molar-refractivity contribution in [2.24, 2.45) is 7.05 Å². The molecule has 0 spiro atoms. The maximum Gasteiger partial charge on any atom is 0.143 e. The van der Waals surface area contributed by atoms with E-state index in [1.807, 2.05) is 18.5 Å². The van der Waals surface area contributed by atoms with Gasteiger partial charge in [-0.25, -0.2) is 9.37 Å². The molecule has 0 aromatic carbocycles. The van der Waals surface area contributed by atoms with Crippen LogP contribution in [0.3, 0.4) is 0 Å². The van der Waals surface area contributed by atoms with Crippen molar-refractivity contribution in [1.82, 2.24) is 9.55 Å². The minimum Gasteiger partial charge on any atom is -0.396 e. The van der Waals surface area contributed by atoms with Gasteiger partial charge in [0.25, 0.3) is 0 Å². The van der Waals surface area contributed by atoms with Gasteiger partial charge in [0.1, 0.15) is 11.3 Å². The highest BCUT2D eigenvalue weighted by molar-refractivity contribution is 5.90. The molecule has 2 N–H and O–H groups in total. The maximum atomic E-state index is 12.8. The average molecular weight is 179 g/mol. The second-order valence-electron chi connectivity index (χ2n) is 3.08. The number of nitrogens with two attached hydrogens (primary N) is 1. The van der Waals surface area contributed by atoms with Gasteiger partial charge >= 0.3 is 0 Å². The highest BCUT2D eigenvalue weighted by Crippen LogP contribution is 2.24. The molecular formula is C9H10FN3. The Kier molecular flexibility index (Phi) is 1.52. The van der Waals surface area contributed by atoms with Crippen LogP contribution in [-0.2, 0) is 7.05 Å². The number of anilines is 1. The maximum absolute atomic E-state index is 12.8. The Morgan fingerprint density at radius 1 is 1.54 bits per heavy atom. The number of aromatic nitrogens is 2. The summed E-state index contributed by atoms with van der Waals surface area (Å²) < 4.78 is 14.7. The topological polar surface area (TPSA) is 43.8 Å². The quantitative estimate of drug-likeness (QED) is 0.667. The standard InChI is InChI=1S/C9H10FN3/c1-5-8(11)9-7(13(5)2)3-6(10)4-12-9/h3-4H,11H2,1-2H3. The van der Waals surface area contributed by atoms with Crippen molar-refractivity contribution in [3.63, 3.8) is 0 Å². The molecule has 0 saturated heterocycles. The van der Waals surface area contributed by atoms with Crippen molar-refractivity contribution in [2.75, 3.05) is 5.73 Å². The lowest BCUT2D eigenvalue weighted by Gasteiger charge is -1.96. The number of pyridine rings is 1. The van der Waals surface area contributed by atoms with Gasteiger partial charge in [0, 0.05) is 18.8 Å².